The van der Waals surface area contributed by atoms with E-state index in [0.717, 1.165) is 29.9 Å². The van der Waals surface area contributed by atoms with Gasteiger partial charge in [-0.2, -0.15) is 0 Å². The van der Waals surface area contributed by atoms with Gasteiger partial charge in [-0.1, -0.05) is 6.07 Å². The number of carbonyl (C=O) groups is 1. The summed E-state index contributed by atoms with van der Waals surface area (Å²) in [5.41, 5.74) is 9.97. The van der Waals surface area contributed by atoms with E-state index in [0.29, 0.717) is 26.1 Å². The maximum absolute atomic E-state index is 12.2. The highest BCUT2D eigenvalue weighted by Gasteiger charge is 2.26. The number of carbonyl (C=O) groups excluding carboxylic acids is 1. The molecule has 1 saturated heterocycles. The summed E-state index contributed by atoms with van der Waals surface area (Å²) >= 11 is 0. The van der Waals surface area contributed by atoms with Crippen LogP contribution < -0.4 is 10.6 Å². The second-order valence-electron chi connectivity index (χ2n) is 7.44. The average molecular weight is 343 g/mol. The van der Waals surface area contributed by atoms with Gasteiger partial charge >= 0.3 is 6.09 Å². The number of ether oxygens (including phenoxy) is 1. The Morgan fingerprint density at radius 1 is 1.28 bits per heavy atom. The lowest BCUT2D eigenvalue weighted by Gasteiger charge is -2.37. The van der Waals surface area contributed by atoms with Crippen LogP contribution >= 0.6 is 0 Å². The number of anilines is 1. The van der Waals surface area contributed by atoms with Crippen molar-refractivity contribution in [3.8, 4) is 12.3 Å². The molecule has 5 nitrogen and oxygen atoms in total. The zero-order valence-corrected chi connectivity index (χ0v) is 15.8. The number of terminal acetylenes is 1. The van der Waals surface area contributed by atoms with E-state index in [1.54, 1.807) is 4.90 Å². The molecule has 1 aliphatic heterocycles. The van der Waals surface area contributed by atoms with E-state index in [1.165, 1.54) is 5.56 Å². The van der Waals surface area contributed by atoms with Crippen molar-refractivity contribution in [3.63, 3.8) is 0 Å². The number of rotatable bonds is 3. The first-order valence-electron chi connectivity index (χ1n) is 8.74. The van der Waals surface area contributed by atoms with Crippen LogP contribution in [0.3, 0.4) is 0 Å². The summed E-state index contributed by atoms with van der Waals surface area (Å²) in [6.45, 7) is 11.1. The molecule has 5 heteroatoms. The van der Waals surface area contributed by atoms with Crippen molar-refractivity contribution in [2.75, 3.05) is 31.1 Å². The predicted octanol–water partition coefficient (Wildman–Crippen LogP) is 2.69. The highest BCUT2D eigenvalue weighted by atomic mass is 16.6. The average Bonchev–Trinajstić information content (AvgIpc) is 2.55. The molecule has 2 rings (SSSR count). The van der Waals surface area contributed by atoms with Gasteiger partial charge in [-0.25, -0.2) is 4.79 Å². The molecule has 1 fully saturated rings. The molecule has 0 spiro atoms. The van der Waals surface area contributed by atoms with Crippen LogP contribution in [0.25, 0.3) is 0 Å². The molecule has 1 aromatic carbocycles. The predicted molar refractivity (Wildman–Crippen MR) is 102 cm³/mol. The highest BCUT2D eigenvalue weighted by Crippen LogP contribution is 2.27. The largest absolute Gasteiger partial charge is 0.444 e. The van der Waals surface area contributed by atoms with Gasteiger partial charge in [-0.15, -0.1) is 12.3 Å². The molecule has 25 heavy (non-hydrogen) atoms. The maximum Gasteiger partial charge on any atom is 0.410 e. The van der Waals surface area contributed by atoms with E-state index in [4.69, 9.17) is 16.9 Å². The molecule has 0 aromatic heterocycles. The number of benzene rings is 1. The number of amides is 1. The summed E-state index contributed by atoms with van der Waals surface area (Å²) in [6.07, 6.45) is 5.86. The van der Waals surface area contributed by atoms with Crippen molar-refractivity contribution < 1.29 is 9.53 Å². The summed E-state index contributed by atoms with van der Waals surface area (Å²) in [5, 5.41) is 0. The summed E-state index contributed by atoms with van der Waals surface area (Å²) in [7, 11) is 0. The molecule has 0 atom stereocenters. The van der Waals surface area contributed by atoms with Gasteiger partial charge < -0.3 is 20.3 Å². The van der Waals surface area contributed by atoms with Crippen molar-refractivity contribution in [2.24, 2.45) is 5.73 Å². The molecule has 1 aromatic rings. The molecule has 0 saturated carbocycles. The lowest BCUT2D eigenvalue weighted by molar-refractivity contribution is 0.0240. The van der Waals surface area contributed by atoms with Crippen LogP contribution in [0.15, 0.2) is 12.1 Å². The Bertz CT molecular complexity index is 663. The smallest absolute Gasteiger partial charge is 0.410 e. The van der Waals surface area contributed by atoms with Crippen molar-refractivity contribution in [3.05, 3.63) is 28.8 Å². The molecule has 1 amide bonds. The van der Waals surface area contributed by atoms with Gasteiger partial charge in [0, 0.05) is 44.8 Å². The zero-order valence-electron chi connectivity index (χ0n) is 15.8. The van der Waals surface area contributed by atoms with Gasteiger partial charge in [0.25, 0.3) is 0 Å². The molecular weight excluding hydrogens is 314 g/mol. The van der Waals surface area contributed by atoms with Crippen molar-refractivity contribution in [1.82, 2.24) is 4.90 Å². The van der Waals surface area contributed by atoms with E-state index in [2.05, 4.69) is 29.9 Å². The summed E-state index contributed by atoms with van der Waals surface area (Å²) in [4.78, 5) is 16.3. The van der Waals surface area contributed by atoms with E-state index in [1.807, 2.05) is 20.8 Å². The first kappa shape index (κ1) is 19.1. The summed E-state index contributed by atoms with van der Waals surface area (Å²) in [6, 6.07) is 4.23. The third-order valence-electron chi connectivity index (χ3n) is 4.35. The normalized spacial score (nSPS) is 15.0. The SMILES string of the molecule is C#CCc1cc(CN)cc(N2CCN(C(=O)OC(C)(C)C)CC2)c1C. The molecule has 1 aliphatic rings. The fourth-order valence-corrected chi connectivity index (χ4v) is 3.02. The maximum atomic E-state index is 12.2. The summed E-state index contributed by atoms with van der Waals surface area (Å²) in [5.74, 6) is 2.72. The van der Waals surface area contributed by atoms with Crippen molar-refractivity contribution in [1.29, 1.82) is 0 Å². The number of nitrogens with two attached hydrogens (primary N) is 1. The fourth-order valence-electron chi connectivity index (χ4n) is 3.02. The van der Waals surface area contributed by atoms with Gasteiger partial charge in [-0.05, 0) is 50.5 Å². The molecule has 1 heterocycles. The first-order chi connectivity index (χ1) is 11.7. The molecular formula is C20H29N3O2. The quantitative estimate of drug-likeness (QED) is 0.857. The number of piperazine rings is 1. The standard InChI is InChI=1S/C20H29N3O2/c1-6-7-17-12-16(14-21)13-18(15(17)2)22-8-10-23(11-9-22)19(24)25-20(3,4)5/h1,12-13H,7-11,14,21H2,2-5H3. The first-order valence-corrected chi connectivity index (χ1v) is 8.74. The Hall–Kier alpha value is -2.19. The van der Waals surface area contributed by atoms with Crippen LogP contribution in [0, 0.1) is 19.3 Å². The van der Waals surface area contributed by atoms with E-state index in [9.17, 15) is 4.79 Å². The highest BCUT2D eigenvalue weighted by molar-refractivity contribution is 5.69. The van der Waals surface area contributed by atoms with E-state index >= 15 is 0 Å². The summed E-state index contributed by atoms with van der Waals surface area (Å²) < 4.78 is 5.46. The Kier molecular flexibility index (Phi) is 5.97. The molecule has 0 aliphatic carbocycles. The van der Waals surface area contributed by atoms with Gasteiger partial charge in [-0.3, -0.25) is 0 Å². The van der Waals surface area contributed by atoms with Crippen LogP contribution in [0.1, 0.15) is 37.5 Å². The number of nitrogens with zero attached hydrogens (tertiary/aromatic N) is 2. The minimum Gasteiger partial charge on any atom is -0.444 e. The van der Waals surface area contributed by atoms with Crippen LogP contribution in [-0.2, 0) is 17.7 Å². The third-order valence-corrected chi connectivity index (χ3v) is 4.35. The van der Waals surface area contributed by atoms with Gasteiger partial charge in [0.05, 0.1) is 0 Å². The van der Waals surface area contributed by atoms with Gasteiger partial charge in [0.1, 0.15) is 5.60 Å². The lowest BCUT2D eigenvalue weighted by Crippen LogP contribution is -2.50. The van der Waals surface area contributed by atoms with E-state index in [-0.39, 0.29) is 6.09 Å². The molecule has 0 radical (unpaired) electrons. The van der Waals surface area contributed by atoms with Crippen LogP contribution in [-0.4, -0.2) is 42.8 Å². The van der Waals surface area contributed by atoms with Crippen molar-refractivity contribution in [2.45, 2.75) is 46.3 Å². The Morgan fingerprint density at radius 3 is 2.44 bits per heavy atom. The minimum absolute atomic E-state index is 0.243. The van der Waals surface area contributed by atoms with E-state index < -0.39 is 5.60 Å². The second-order valence-corrected chi connectivity index (χ2v) is 7.44. The lowest BCUT2D eigenvalue weighted by atomic mass is 9.99. The van der Waals surface area contributed by atoms with Crippen LogP contribution in [0.4, 0.5) is 10.5 Å². The topological polar surface area (TPSA) is 58.8 Å². The fraction of sp³-hybridized carbons (Fsp3) is 0.550. The Labute approximate surface area is 151 Å². The molecule has 0 unspecified atom stereocenters. The molecule has 136 valence electrons. The zero-order chi connectivity index (χ0) is 18.6. The van der Waals surface area contributed by atoms with Gasteiger partial charge in [0.2, 0.25) is 0 Å². The monoisotopic (exact) mass is 343 g/mol. The van der Waals surface area contributed by atoms with Crippen LogP contribution in [0.2, 0.25) is 0 Å². The number of hydrogen-bond acceptors (Lipinski definition) is 4. The van der Waals surface area contributed by atoms with Crippen molar-refractivity contribution >= 4 is 11.8 Å². The molecule has 2 N–H and O–H groups in total. The van der Waals surface area contributed by atoms with Gasteiger partial charge in [0.15, 0.2) is 0 Å². The Balaban J connectivity index is 2.11. The minimum atomic E-state index is -0.468. The third kappa shape index (κ3) is 4.90. The van der Waals surface area contributed by atoms with Crippen LogP contribution in [0.5, 0.6) is 0 Å². The Morgan fingerprint density at radius 2 is 1.92 bits per heavy atom. The number of hydrogen-bond donors (Lipinski definition) is 1. The second kappa shape index (κ2) is 7.79. The molecule has 0 bridgehead atoms.